The second-order valence-electron chi connectivity index (χ2n) is 9.87. The minimum atomic E-state index is 0.743. The monoisotopic (exact) mass is 489 g/mol. The van der Waals surface area contributed by atoms with Crippen molar-refractivity contribution in [1.29, 1.82) is 0 Å². The van der Waals surface area contributed by atoms with Crippen LogP contribution in [0.2, 0.25) is 0 Å². The second kappa shape index (κ2) is 9.29. The number of aromatic nitrogens is 6. The summed E-state index contributed by atoms with van der Waals surface area (Å²) in [5, 5.41) is 13.3. The molecule has 0 atom stereocenters. The Morgan fingerprint density at radius 1 is 0.919 bits per heavy atom. The van der Waals surface area contributed by atoms with Gasteiger partial charge in [-0.05, 0) is 61.2 Å². The third-order valence-electron chi connectivity index (χ3n) is 7.38. The summed E-state index contributed by atoms with van der Waals surface area (Å²) in [7, 11) is 0. The molecule has 8 heteroatoms. The van der Waals surface area contributed by atoms with Crippen LogP contribution < -0.4 is 5.32 Å². The van der Waals surface area contributed by atoms with Crippen molar-refractivity contribution in [2.45, 2.75) is 32.2 Å². The number of pyridine rings is 3. The lowest BCUT2D eigenvalue weighted by Gasteiger charge is -2.11. The molecule has 6 aromatic heterocycles. The Morgan fingerprint density at radius 2 is 1.84 bits per heavy atom. The normalized spacial score (nSPS) is 14.3. The number of hydrogen-bond acceptors (Lipinski definition) is 6. The topological polar surface area (TPSA) is 108 Å². The molecule has 0 bridgehead atoms. The van der Waals surface area contributed by atoms with Crippen LogP contribution in [0.15, 0.2) is 72.1 Å². The van der Waals surface area contributed by atoms with E-state index in [-0.39, 0.29) is 0 Å². The number of hydrogen-bond donors (Lipinski definition) is 3. The van der Waals surface area contributed by atoms with E-state index in [2.05, 4.69) is 53.6 Å². The maximum Gasteiger partial charge on any atom is 0.155 e. The van der Waals surface area contributed by atoms with Gasteiger partial charge < -0.3 is 14.7 Å². The molecule has 1 saturated carbocycles. The largest absolute Gasteiger partial charge is 0.472 e. The molecule has 0 amide bonds. The van der Waals surface area contributed by atoms with E-state index in [1.54, 1.807) is 18.7 Å². The van der Waals surface area contributed by atoms with E-state index >= 15 is 0 Å². The molecular weight excluding hydrogens is 462 g/mol. The van der Waals surface area contributed by atoms with Gasteiger partial charge in [0, 0.05) is 64.3 Å². The van der Waals surface area contributed by atoms with E-state index in [1.165, 1.54) is 31.2 Å². The number of rotatable bonds is 7. The predicted molar refractivity (Wildman–Crippen MR) is 144 cm³/mol. The van der Waals surface area contributed by atoms with Gasteiger partial charge in [-0.15, -0.1) is 0 Å². The van der Waals surface area contributed by atoms with E-state index in [0.29, 0.717) is 0 Å². The predicted octanol–water partition coefficient (Wildman–Crippen LogP) is 6.10. The van der Waals surface area contributed by atoms with E-state index < -0.39 is 0 Å². The third-order valence-corrected chi connectivity index (χ3v) is 7.38. The van der Waals surface area contributed by atoms with Gasteiger partial charge in [-0.25, -0.2) is 4.98 Å². The fourth-order valence-corrected chi connectivity index (χ4v) is 5.45. The molecule has 37 heavy (non-hydrogen) atoms. The van der Waals surface area contributed by atoms with Gasteiger partial charge in [0.05, 0.1) is 23.9 Å². The smallest absolute Gasteiger partial charge is 0.155 e. The summed E-state index contributed by atoms with van der Waals surface area (Å²) in [5.41, 5.74) is 8.51. The molecular formula is C29H27N7O. The maximum absolute atomic E-state index is 5.28. The summed E-state index contributed by atoms with van der Waals surface area (Å²) in [6.07, 6.45) is 16.3. The quantitative estimate of drug-likeness (QED) is 0.250. The average molecular weight is 490 g/mol. The molecule has 3 N–H and O–H groups in total. The first-order chi connectivity index (χ1) is 18.3. The lowest BCUT2D eigenvalue weighted by atomic mass is 10.1. The Balaban J connectivity index is 1.20. The molecule has 0 saturated heterocycles. The van der Waals surface area contributed by atoms with Crippen LogP contribution in [0.25, 0.3) is 55.7 Å². The molecule has 0 radical (unpaired) electrons. The molecule has 1 fully saturated rings. The van der Waals surface area contributed by atoms with Crippen molar-refractivity contribution in [2.24, 2.45) is 5.92 Å². The van der Waals surface area contributed by atoms with Crippen molar-refractivity contribution in [1.82, 2.24) is 35.5 Å². The molecule has 0 aliphatic heterocycles. The zero-order valence-corrected chi connectivity index (χ0v) is 20.4. The van der Waals surface area contributed by atoms with E-state index in [0.717, 1.165) is 74.7 Å². The number of aromatic amines is 2. The molecule has 184 valence electrons. The fourth-order valence-electron chi connectivity index (χ4n) is 5.45. The van der Waals surface area contributed by atoms with Crippen LogP contribution in [0.4, 0.5) is 0 Å². The van der Waals surface area contributed by atoms with E-state index in [4.69, 9.17) is 4.42 Å². The Morgan fingerprint density at radius 3 is 2.73 bits per heavy atom. The highest BCUT2D eigenvalue weighted by Gasteiger charge is 2.17. The first-order valence-electron chi connectivity index (χ1n) is 12.8. The zero-order valence-electron chi connectivity index (χ0n) is 20.4. The second-order valence-corrected chi connectivity index (χ2v) is 9.87. The minimum Gasteiger partial charge on any atom is -0.472 e. The third kappa shape index (κ3) is 4.19. The highest BCUT2D eigenvalue weighted by Crippen LogP contribution is 2.34. The highest BCUT2D eigenvalue weighted by molar-refractivity contribution is 5.99. The van der Waals surface area contributed by atoms with Gasteiger partial charge in [0.15, 0.2) is 5.65 Å². The molecule has 6 aromatic rings. The van der Waals surface area contributed by atoms with Crippen LogP contribution in [0, 0.1) is 5.92 Å². The zero-order chi connectivity index (χ0) is 24.6. The molecule has 0 unspecified atom stereocenters. The Kier molecular flexibility index (Phi) is 5.51. The SMILES string of the molecule is c1cc2[nH]c(-c3n[nH]c4ncc(-c5cncc(CNCC6CCCC6)c5)cc34)cc2c(-c2ccoc2)n1. The van der Waals surface area contributed by atoms with Crippen molar-refractivity contribution in [2.75, 3.05) is 6.54 Å². The first-order valence-corrected chi connectivity index (χ1v) is 12.8. The summed E-state index contributed by atoms with van der Waals surface area (Å²) in [6.45, 7) is 1.91. The average Bonchev–Trinajstić information content (AvgIpc) is 3.74. The summed E-state index contributed by atoms with van der Waals surface area (Å²) >= 11 is 0. The number of furan rings is 1. The van der Waals surface area contributed by atoms with Crippen LogP contribution in [0.5, 0.6) is 0 Å². The van der Waals surface area contributed by atoms with Crippen LogP contribution in [-0.4, -0.2) is 36.7 Å². The molecule has 1 aliphatic carbocycles. The van der Waals surface area contributed by atoms with Crippen molar-refractivity contribution < 1.29 is 4.42 Å². The van der Waals surface area contributed by atoms with Gasteiger partial charge in [0.1, 0.15) is 5.69 Å². The molecule has 0 aromatic carbocycles. The molecule has 0 spiro atoms. The Labute approximate surface area is 213 Å². The molecule has 7 rings (SSSR count). The summed E-state index contributed by atoms with van der Waals surface area (Å²) in [4.78, 5) is 17.3. The maximum atomic E-state index is 5.28. The number of nitrogens with zero attached hydrogens (tertiary/aromatic N) is 4. The lowest BCUT2D eigenvalue weighted by Crippen LogP contribution is -2.20. The van der Waals surface area contributed by atoms with Crippen LogP contribution in [0.1, 0.15) is 31.2 Å². The van der Waals surface area contributed by atoms with E-state index in [9.17, 15) is 0 Å². The van der Waals surface area contributed by atoms with Gasteiger partial charge in [-0.2, -0.15) is 5.10 Å². The van der Waals surface area contributed by atoms with Gasteiger partial charge in [-0.3, -0.25) is 15.1 Å². The van der Waals surface area contributed by atoms with Gasteiger partial charge in [-0.1, -0.05) is 12.8 Å². The van der Waals surface area contributed by atoms with Crippen molar-refractivity contribution >= 4 is 21.9 Å². The molecule has 8 nitrogen and oxygen atoms in total. The van der Waals surface area contributed by atoms with Crippen LogP contribution >= 0.6 is 0 Å². The summed E-state index contributed by atoms with van der Waals surface area (Å²) in [6, 6.07) is 10.3. The summed E-state index contributed by atoms with van der Waals surface area (Å²) in [5.74, 6) is 0.818. The number of H-pyrrole nitrogens is 2. The van der Waals surface area contributed by atoms with Gasteiger partial charge in [0.2, 0.25) is 0 Å². The standard InChI is InChI=1S/C29H27N7O/c1-2-4-18(3-1)12-30-13-19-9-21(15-31-14-19)22-10-24-28(35-36-29(24)33-16-22)26-11-23-25(34-26)5-7-32-27(23)20-6-8-37-17-20/h5-11,14-18,30,34H,1-4,12-13H2,(H,33,35,36). The van der Waals surface area contributed by atoms with Crippen molar-refractivity contribution in [3.8, 4) is 33.8 Å². The van der Waals surface area contributed by atoms with Crippen molar-refractivity contribution in [3.05, 3.63) is 73.2 Å². The molecule has 1 aliphatic rings. The van der Waals surface area contributed by atoms with Crippen LogP contribution in [0.3, 0.4) is 0 Å². The van der Waals surface area contributed by atoms with Gasteiger partial charge >= 0.3 is 0 Å². The van der Waals surface area contributed by atoms with E-state index in [1.807, 2.05) is 30.7 Å². The molecule has 6 heterocycles. The Hall–Kier alpha value is -4.30. The Bertz CT molecular complexity index is 1680. The summed E-state index contributed by atoms with van der Waals surface area (Å²) < 4.78 is 5.28. The highest BCUT2D eigenvalue weighted by atomic mass is 16.3. The van der Waals surface area contributed by atoms with Crippen LogP contribution in [-0.2, 0) is 6.54 Å². The lowest BCUT2D eigenvalue weighted by molar-refractivity contribution is 0.489. The minimum absolute atomic E-state index is 0.743. The number of fused-ring (bicyclic) bond motifs is 2. The fraction of sp³-hybridized carbons (Fsp3) is 0.241. The first kappa shape index (κ1) is 21.9. The van der Waals surface area contributed by atoms with Gasteiger partial charge in [0.25, 0.3) is 0 Å². The number of nitrogens with one attached hydrogen (secondary N) is 3. The van der Waals surface area contributed by atoms with Crippen molar-refractivity contribution in [3.63, 3.8) is 0 Å².